The van der Waals surface area contributed by atoms with Crippen molar-refractivity contribution in [1.82, 2.24) is 4.90 Å². The van der Waals surface area contributed by atoms with Crippen LogP contribution in [0, 0.1) is 0 Å². The highest BCUT2D eigenvalue weighted by molar-refractivity contribution is 5.95. The van der Waals surface area contributed by atoms with Crippen molar-refractivity contribution in [3.05, 3.63) is 53.6 Å². The van der Waals surface area contributed by atoms with Crippen LogP contribution in [0.4, 0.5) is 0 Å². The molecule has 2 aromatic rings. The van der Waals surface area contributed by atoms with Crippen molar-refractivity contribution < 1.29 is 24.1 Å². The molecule has 1 N–H and O–H groups in total. The maximum Gasteiger partial charge on any atom is 0.162 e. The van der Waals surface area contributed by atoms with Gasteiger partial charge in [-0.25, -0.2) is 0 Å². The highest BCUT2D eigenvalue weighted by Gasteiger charge is 2.28. The van der Waals surface area contributed by atoms with Crippen LogP contribution in [0.25, 0.3) is 0 Å². The van der Waals surface area contributed by atoms with Crippen molar-refractivity contribution in [3.8, 4) is 17.2 Å². The summed E-state index contributed by atoms with van der Waals surface area (Å²) in [5, 5.41) is 10.6. The summed E-state index contributed by atoms with van der Waals surface area (Å²) in [6.45, 7) is 4.92. The van der Waals surface area contributed by atoms with Gasteiger partial charge >= 0.3 is 0 Å². The third-order valence-corrected chi connectivity index (χ3v) is 5.91. The molecule has 2 aliphatic rings. The molecule has 166 valence electrons. The Hall–Kier alpha value is -2.57. The summed E-state index contributed by atoms with van der Waals surface area (Å²) in [5.41, 5.74) is 1.89. The Morgan fingerprint density at radius 2 is 1.90 bits per heavy atom. The molecule has 0 saturated carbocycles. The predicted molar refractivity (Wildman–Crippen MR) is 118 cm³/mol. The number of ether oxygens (including phenoxy) is 3. The summed E-state index contributed by atoms with van der Waals surface area (Å²) in [6, 6.07) is 13.6. The van der Waals surface area contributed by atoms with Gasteiger partial charge in [-0.15, -0.1) is 0 Å². The SMILES string of the molecule is CCC(=O)c1ccc(OCC(O)CN2CCCC2c2ccc3c(c2)OCCCO3)cc1. The van der Waals surface area contributed by atoms with Crippen LogP contribution in [0.2, 0.25) is 0 Å². The number of ketones is 1. The van der Waals surface area contributed by atoms with E-state index in [0.29, 0.717) is 37.5 Å². The number of Topliss-reactive ketones (excluding diaryl/α,β-unsaturated/α-hetero) is 1. The number of rotatable bonds is 8. The van der Waals surface area contributed by atoms with Crippen molar-refractivity contribution in [1.29, 1.82) is 0 Å². The van der Waals surface area contributed by atoms with Crippen LogP contribution in [-0.2, 0) is 0 Å². The summed E-state index contributed by atoms with van der Waals surface area (Å²) in [6.07, 6.45) is 2.93. The molecule has 4 rings (SSSR count). The Bertz CT molecular complexity index is 882. The minimum Gasteiger partial charge on any atom is -0.491 e. The van der Waals surface area contributed by atoms with Gasteiger partial charge in [0.05, 0.1) is 13.2 Å². The smallest absolute Gasteiger partial charge is 0.162 e. The van der Waals surface area contributed by atoms with Gasteiger partial charge in [-0.3, -0.25) is 9.69 Å². The van der Waals surface area contributed by atoms with E-state index < -0.39 is 6.10 Å². The van der Waals surface area contributed by atoms with E-state index in [1.54, 1.807) is 24.3 Å². The standard InChI is InChI=1S/C25H31NO5/c1-2-23(28)18-6-9-21(10-7-18)31-17-20(27)16-26-12-3-5-22(26)19-8-11-24-25(15-19)30-14-4-13-29-24/h6-11,15,20,22,27H,2-5,12-14,16-17H2,1H3. The van der Waals surface area contributed by atoms with Crippen LogP contribution >= 0.6 is 0 Å². The van der Waals surface area contributed by atoms with E-state index in [-0.39, 0.29) is 18.4 Å². The molecule has 6 heteroatoms. The summed E-state index contributed by atoms with van der Waals surface area (Å²) >= 11 is 0. The molecule has 2 aliphatic heterocycles. The minimum absolute atomic E-state index is 0.112. The monoisotopic (exact) mass is 425 g/mol. The Kier molecular flexibility index (Phi) is 7.10. The molecule has 0 aliphatic carbocycles. The molecule has 2 atom stereocenters. The molecule has 31 heavy (non-hydrogen) atoms. The largest absolute Gasteiger partial charge is 0.491 e. The maximum absolute atomic E-state index is 11.7. The fourth-order valence-corrected chi connectivity index (χ4v) is 4.27. The van der Waals surface area contributed by atoms with Crippen LogP contribution in [0.5, 0.6) is 17.2 Å². The van der Waals surface area contributed by atoms with Gasteiger partial charge in [0.25, 0.3) is 0 Å². The Morgan fingerprint density at radius 1 is 1.13 bits per heavy atom. The first kappa shape index (κ1) is 21.7. The van der Waals surface area contributed by atoms with E-state index in [9.17, 15) is 9.90 Å². The minimum atomic E-state index is -0.599. The number of nitrogens with zero attached hydrogens (tertiary/aromatic N) is 1. The zero-order valence-corrected chi connectivity index (χ0v) is 18.1. The average Bonchev–Trinajstić information content (AvgIpc) is 3.12. The number of hydrogen-bond donors (Lipinski definition) is 1. The first-order chi connectivity index (χ1) is 15.1. The van der Waals surface area contributed by atoms with Crippen LogP contribution in [-0.4, -0.2) is 54.8 Å². The molecule has 0 amide bonds. The Balaban J connectivity index is 1.33. The van der Waals surface area contributed by atoms with E-state index in [4.69, 9.17) is 14.2 Å². The molecule has 2 aromatic carbocycles. The Labute approximate surface area is 183 Å². The molecule has 6 nitrogen and oxygen atoms in total. The first-order valence-corrected chi connectivity index (χ1v) is 11.2. The number of hydrogen-bond acceptors (Lipinski definition) is 6. The summed E-state index contributed by atoms with van der Waals surface area (Å²) < 4.78 is 17.3. The van der Waals surface area contributed by atoms with E-state index in [0.717, 1.165) is 37.3 Å². The molecule has 2 heterocycles. The zero-order valence-electron chi connectivity index (χ0n) is 18.1. The van der Waals surface area contributed by atoms with Gasteiger partial charge in [-0.05, 0) is 61.3 Å². The molecule has 1 saturated heterocycles. The second kappa shape index (κ2) is 10.2. The summed E-state index contributed by atoms with van der Waals surface area (Å²) in [4.78, 5) is 14.0. The maximum atomic E-state index is 11.7. The van der Waals surface area contributed by atoms with E-state index in [2.05, 4.69) is 17.0 Å². The van der Waals surface area contributed by atoms with E-state index in [1.165, 1.54) is 5.56 Å². The average molecular weight is 426 g/mol. The fourth-order valence-electron chi connectivity index (χ4n) is 4.27. The molecule has 0 bridgehead atoms. The van der Waals surface area contributed by atoms with Crippen LogP contribution in [0.3, 0.4) is 0 Å². The lowest BCUT2D eigenvalue weighted by molar-refractivity contribution is 0.0638. The van der Waals surface area contributed by atoms with Crippen molar-refractivity contribution in [2.45, 2.75) is 44.8 Å². The highest BCUT2D eigenvalue weighted by atomic mass is 16.5. The summed E-state index contributed by atoms with van der Waals surface area (Å²) in [7, 11) is 0. The van der Waals surface area contributed by atoms with Gasteiger partial charge in [-0.1, -0.05) is 13.0 Å². The van der Waals surface area contributed by atoms with Crippen molar-refractivity contribution in [2.75, 3.05) is 32.9 Å². The lowest BCUT2D eigenvalue weighted by Crippen LogP contribution is -2.35. The Morgan fingerprint density at radius 3 is 2.68 bits per heavy atom. The predicted octanol–water partition coefficient (Wildman–Crippen LogP) is 4.02. The van der Waals surface area contributed by atoms with Gasteiger partial charge in [0, 0.05) is 31.0 Å². The van der Waals surface area contributed by atoms with E-state index in [1.807, 2.05) is 13.0 Å². The second-order valence-electron chi connectivity index (χ2n) is 8.18. The quantitative estimate of drug-likeness (QED) is 0.645. The molecular formula is C25H31NO5. The van der Waals surface area contributed by atoms with Crippen LogP contribution in [0.15, 0.2) is 42.5 Å². The van der Waals surface area contributed by atoms with Crippen molar-refractivity contribution in [3.63, 3.8) is 0 Å². The number of β-amino-alcohol motifs (C(OH)–C–C–N with tert-alkyl or cyclic N) is 1. The molecule has 1 fully saturated rings. The highest BCUT2D eigenvalue weighted by Crippen LogP contribution is 2.37. The van der Waals surface area contributed by atoms with E-state index >= 15 is 0 Å². The summed E-state index contributed by atoms with van der Waals surface area (Å²) in [5.74, 6) is 2.40. The molecule has 0 aromatic heterocycles. The van der Waals surface area contributed by atoms with Gasteiger partial charge in [0.1, 0.15) is 18.5 Å². The molecule has 0 spiro atoms. The van der Waals surface area contributed by atoms with Crippen LogP contribution < -0.4 is 14.2 Å². The number of carbonyl (C=O) groups is 1. The second-order valence-corrected chi connectivity index (χ2v) is 8.18. The number of likely N-dealkylation sites (tertiary alicyclic amines) is 1. The van der Waals surface area contributed by atoms with Crippen molar-refractivity contribution in [2.24, 2.45) is 0 Å². The number of benzene rings is 2. The zero-order chi connectivity index (χ0) is 21.6. The van der Waals surface area contributed by atoms with Gasteiger partial charge < -0.3 is 19.3 Å². The molecule has 2 unspecified atom stereocenters. The lowest BCUT2D eigenvalue weighted by atomic mass is 10.0. The molecule has 0 radical (unpaired) electrons. The molecular weight excluding hydrogens is 394 g/mol. The van der Waals surface area contributed by atoms with Gasteiger partial charge in [0.15, 0.2) is 17.3 Å². The van der Waals surface area contributed by atoms with Gasteiger partial charge in [-0.2, -0.15) is 0 Å². The topological polar surface area (TPSA) is 68.2 Å². The van der Waals surface area contributed by atoms with Gasteiger partial charge in [0.2, 0.25) is 0 Å². The first-order valence-electron chi connectivity index (χ1n) is 11.2. The van der Waals surface area contributed by atoms with Crippen molar-refractivity contribution >= 4 is 5.78 Å². The normalized spacial score (nSPS) is 19.6. The number of aliphatic hydroxyl groups excluding tert-OH is 1. The third kappa shape index (κ3) is 5.38. The number of carbonyl (C=O) groups excluding carboxylic acids is 1. The lowest BCUT2D eigenvalue weighted by Gasteiger charge is -2.27. The van der Waals surface area contributed by atoms with Crippen LogP contribution in [0.1, 0.15) is 54.6 Å². The third-order valence-electron chi connectivity index (χ3n) is 5.91. The number of aliphatic hydroxyl groups is 1. The number of fused-ring (bicyclic) bond motifs is 1. The fraction of sp³-hybridized carbons (Fsp3) is 0.480.